The Bertz CT molecular complexity index is 377. The van der Waals surface area contributed by atoms with E-state index in [9.17, 15) is 4.79 Å². The lowest BCUT2D eigenvalue weighted by atomic mass is 9.88. The van der Waals surface area contributed by atoms with Crippen molar-refractivity contribution in [1.82, 2.24) is 0 Å². The zero-order chi connectivity index (χ0) is 12.0. The molecule has 2 heteroatoms. The van der Waals surface area contributed by atoms with Crippen LogP contribution in [-0.2, 0) is 4.79 Å². The van der Waals surface area contributed by atoms with E-state index in [1.165, 1.54) is 37.0 Å². The number of allylic oxidation sites excluding steroid dienone is 1. The first kappa shape index (κ1) is 12.4. The second-order valence-electron chi connectivity index (χ2n) is 4.54. The molecule has 1 saturated carbocycles. The molecule has 0 bridgehead atoms. The second kappa shape index (κ2) is 6.06. The summed E-state index contributed by atoms with van der Waals surface area (Å²) in [6, 6.07) is 10.5. The number of thioether (sulfide) groups is 1. The van der Waals surface area contributed by atoms with Crippen LogP contribution in [0.25, 0.3) is 0 Å². The van der Waals surface area contributed by atoms with E-state index in [0.29, 0.717) is 0 Å². The highest BCUT2D eigenvalue weighted by Crippen LogP contribution is 2.44. The molecule has 0 atom stereocenters. The fourth-order valence-corrected chi connectivity index (χ4v) is 3.79. The number of benzene rings is 1. The lowest BCUT2D eigenvalue weighted by molar-refractivity contribution is -0.104. The number of carbonyl (C=O) groups is 1. The summed E-state index contributed by atoms with van der Waals surface area (Å²) in [4.78, 5) is 11.8. The third-order valence-corrected chi connectivity index (χ3v) is 4.70. The van der Waals surface area contributed by atoms with Gasteiger partial charge in [-0.2, -0.15) is 0 Å². The summed E-state index contributed by atoms with van der Waals surface area (Å²) in [7, 11) is 0. The third kappa shape index (κ3) is 3.47. The van der Waals surface area contributed by atoms with Crippen LogP contribution in [-0.4, -0.2) is 11.0 Å². The monoisotopic (exact) mass is 246 g/mol. The molecular weight excluding hydrogens is 228 g/mol. The number of carbonyl (C=O) groups excluding carboxylic acids is 1. The van der Waals surface area contributed by atoms with Crippen molar-refractivity contribution < 1.29 is 4.79 Å². The van der Waals surface area contributed by atoms with Crippen LogP contribution in [0.1, 0.15) is 32.1 Å². The molecule has 0 saturated heterocycles. The van der Waals surface area contributed by atoms with E-state index in [-0.39, 0.29) is 4.75 Å². The normalized spacial score (nSPS) is 19.3. The Balaban J connectivity index is 2.15. The Labute approximate surface area is 107 Å². The zero-order valence-corrected chi connectivity index (χ0v) is 10.8. The highest BCUT2D eigenvalue weighted by Gasteiger charge is 2.30. The van der Waals surface area contributed by atoms with Crippen molar-refractivity contribution in [3.63, 3.8) is 0 Å². The van der Waals surface area contributed by atoms with Crippen molar-refractivity contribution in [2.24, 2.45) is 0 Å². The summed E-state index contributed by atoms with van der Waals surface area (Å²) < 4.78 is 0.139. The summed E-state index contributed by atoms with van der Waals surface area (Å²) in [6.07, 6.45) is 10.9. The first-order chi connectivity index (χ1) is 8.35. The summed E-state index contributed by atoms with van der Waals surface area (Å²) in [5, 5.41) is 0. The summed E-state index contributed by atoms with van der Waals surface area (Å²) in [5.41, 5.74) is 0. The molecule has 17 heavy (non-hydrogen) atoms. The Morgan fingerprint density at radius 2 is 1.76 bits per heavy atom. The fraction of sp³-hybridized carbons (Fsp3) is 0.400. The SMILES string of the molecule is O=C/C=C/C1(Sc2ccccc2)CCCCC1. The maximum absolute atomic E-state index is 10.5. The Morgan fingerprint density at radius 3 is 2.41 bits per heavy atom. The van der Waals surface area contributed by atoms with Crippen molar-refractivity contribution in [2.45, 2.75) is 41.7 Å². The Morgan fingerprint density at radius 1 is 1.06 bits per heavy atom. The van der Waals surface area contributed by atoms with E-state index >= 15 is 0 Å². The van der Waals surface area contributed by atoms with E-state index in [2.05, 4.69) is 30.3 Å². The minimum atomic E-state index is 0.139. The molecule has 1 aliphatic carbocycles. The summed E-state index contributed by atoms with van der Waals surface area (Å²) in [6.45, 7) is 0. The molecule has 0 amide bonds. The Kier molecular flexibility index (Phi) is 4.43. The molecule has 1 aromatic carbocycles. The average Bonchev–Trinajstić information content (AvgIpc) is 2.39. The maximum Gasteiger partial charge on any atom is 0.142 e. The first-order valence-corrected chi connectivity index (χ1v) is 7.03. The molecule has 0 N–H and O–H groups in total. The number of hydrogen-bond donors (Lipinski definition) is 0. The molecule has 0 aromatic heterocycles. The van der Waals surface area contributed by atoms with Gasteiger partial charge < -0.3 is 0 Å². The van der Waals surface area contributed by atoms with Crippen LogP contribution in [0, 0.1) is 0 Å². The van der Waals surface area contributed by atoms with Crippen molar-refractivity contribution in [3.8, 4) is 0 Å². The molecule has 1 nitrogen and oxygen atoms in total. The molecule has 0 aliphatic heterocycles. The van der Waals surface area contributed by atoms with Gasteiger partial charge in [-0.25, -0.2) is 0 Å². The number of hydrogen-bond acceptors (Lipinski definition) is 2. The Hall–Kier alpha value is -1.02. The van der Waals surface area contributed by atoms with Gasteiger partial charge in [0.25, 0.3) is 0 Å². The summed E-state index contributed by atoms with van der Waals surface area (Å²) in [5.74, 6) is 0. The minimum absolute atomic E-state index is 0.139. The lowest BCUT2D eigenvalue weighted by Gasteiger charge is -2.34. The molecular formula is C15H18OS. The van der Waals surface area contributed by atoms with Gasteiger partial charge in [-0.3, -0.25) is 4.79 Å². The van der Waals surface area contributed by atoms with E-state index in [0.717, 1.165) is 6.29 Å². The van der Waals surface area contributed by atoms with Crippen LogP contribution in [0.3, 0.4) is 0 Å². The molecule has 2 rings (SSSR count). The predicted octanol–water partition coefficient (Wildman–Crippen LogP) is 4.24. The van der Waals surface area contributed by atoms with Gasteiger partial charge in [0.1, 0.15) is 6.29 Å². The average molecular weight is 246 g/mol. The predicted molar refractivity (Wildman–Crippen MR) is 73.3 cm³/mol. The van der Waals surface area contributed by atoms with Gasteiger partial charge in [0.2, 0.25) is 0 Å². The van der Waals surface area contributed by atoms with Gasteiger partial charge >= 0.3 is 0 Å². The molecule has 1 aliphatic rings. The van der Waals surface area contributed by atoms with Gasteiger partial charge in [0, 0.05) is 9.64 Å². The molecule has 0 unspecified atom stereocenters. The van der Waals surface area contributed by atoms with Crippen LogP contribution in [0.4, 0.5) is 0 Å². The van der Waals surface area contributed by atoms with Gasteiger partial charge in [0.05, 0.1) is 0 Å². The maximum atomic E-state index is 10.5. The van der Waals surface area contributed by atoms with Gasteiger partial charge in [-0.05, 0) is 31.1 Å². The van der Waals surface area contributed by atoms with E-state index < -0.39 is 0 Å². The smallest absolute Gasteiger partial charge is 0.142 e. The number of rotatable bonds is 4. The molecule has 0 heterocycles. The van der Waals surface area contributed by atoms with E-state index in [1.54, 1.807) is 6.08 Å². The molecule has 90 valence electrons. The van der Waals surface area contributed by atoms with Crippen LogP contribution < -0.4 is 0 Å². The largest absolute Gasteiger partial charge is 0.299 e. The summed E-state index contributed by atoms with van der Waals surface area (Å²) >= 11 is 1.91. The van der Waals surface area contributed by atoms with Crippen molar-refractivity contribution >= 4 is 18.0 Å². The van der Waals surface area contributed by atoms with Crippen LogP contribution >= 0.6 is 11.8 Å². The standard InChI is InChI=1S/C15H18OS/c16-13-7-12-15(10-5-2-6-11-15)17-14-8-3-1-4-9-14/h1,3-4,7-9,12-13H,2,5-6,10-11H2/b12-7+. The van der Waals surface area contributed by atoms with Crippen LogP contribution in [0.15, 0.2) is 47.4 Å². The van der Waals surface area contributed by atoms with Crippen molar-refractivity contribution in [2.75, 3.05) is 0 Å². The lowest BCUT2D eigenvalue weighted by Crippen LogP contribution is -2.25. The second-order valence-corrected chi connectivity index (χ2v) is 6.02. The minimum Gasteiger partial charge on any atom is -0.299 e. The van der Waals surface area contributed by atoms with E-state index in [1.807, 2.05) is 17.8 Å². The number of aldehydes is 1. The molecule has 0 radical (unpaired) electrons. The highest BCUT2D eigenvalue weighted by molar-refractivity contribution is 8.00. The topological polar surface area (TPSA) is 17.1 Å². The van der Waals surface area contributed by atoms with E-state index in [4.69, 9.17) is 0 Å². The first-order valence-electron chi connectivity index (χ1n) is 6.22. The third-order valence-electron chi connectivity index (χ3n) is 3.24. The van der Waals surface area contributed by atoms with Crippen molar-refractivity contribution in [3.05, 3.63) is 42.5 Å². The highest BCUT2D eigenvalue weighted by atomic mass is 32.2. The van der Waals surface area contributed by atoms with Crippen molar-refractivity contribution in [1.29, 1.82) is 0 Å². The van der Waals surface area contributed by atoms with Crippen LogP contribution in [0.5, 0.6) is 0 Å². The van der Waals surface area contributed by atoms with Gasteiger partial charge in [-0.1, -0.05) is 43.5 Å². The molecule has 1 fully saturated rings. The quantitative estimate of drug-likeness (QED) is 0.584. The van der Waals surface area contributed by atoms with Gasteiger partial charge in [0.15, 0.2) is 0 Å². The molecule has 0 spiro atoms. The molecule has 1 aromatic rings. The van der Waals surface area contributed by atoms with Crippen LogP contribution in [0.2, 0.25) is 0 Å². The fourth-order valence-electron chi connectivity index (χ4n) is 2.39. The zero-order valence-electron chi connectivity index (χ0n) is 9.97. The van der Waals surface area contributed by atoms with Gasteiger partial charge in [-0.15, -0.1) is 11.8 Å².